The number of hydrogen-bond acceptors (Lipinski definition) is 5. The van der Waals surface area contributed by atoms with E-state index in [1.807, 2.05) is 30.3 Å². The number of nitrogens with one attached hydrogen (secondary N) is 1. The van der Waals surface area contributed by atoms with E-state index in [4.69, 9.17) is 10.00 Å². The van der Waals surface area contributed by atoms with E-state index in [0.717, 1.165) is 23.7 Å². The van der Waals surface area contributed by atoms with Gasteiger partial charge in [-0.3, -0.25) is 4.79 Å². The first-order chi connectivity index (χ1) is 12.8. The molecule has 0 radical (unpaired) electrons. The van der Waals surface area contributed by atoms with Crippen LogP contribution in [0.4, 0.5) is 0 Å². The molecule has 2 aromatic heterocycles. The number of H-pyrrole nitrogens is 1. The molecule has 7 heteroatoms. The second-order valence-corrected chi connectivity index (χ2v) is 6.20. The Morgan fingerprint density at radius 2 is 2.15 bits per heavy atom. The van der Waals surface area contributed by atoms with Crippen molar-refractivity contribution in [2.75, 3.05) is 13.1 Å². The number of ether oxygens (including phenoxy) is 1. The number of carbonyl (C=O) groups is 1. The monoisotopic (exact) mass is 347 g/mol. The van der Waals surface area contributed by atoms with Crippen LogP contribution < -0.4 is 4.74 Å². The van der Waals surface area contributed by atoms with Gasteiger partial charge in [0, 0.05) is 36.0 Å². The second kappa shape index (κ2) is 6.84. The first-order valence-corrected chi connectivity index (χ1v) is 8.49. The van der Waals surface area contributed by atoms with Gasteiger partial charge >= 0.3 is 0 Å². The molecule has 1 unspecified atom stereocenters. The molecule has 1 aliphatic rings. The highest BCUT2D eigenvalue weighted by Crippen LogP contribution is 2.23. The lowest BCUT2D eigenvalue weighted by Crippen LogP contribution is -2.44. The van der Waals surface area contributed by atoms with Crippen LogP contribution in [0.2, 0.25) is 0 Å². The van der Waals surface area contributed by atoms with E-state index in [-0.39, 0.29) is 23.6 Å². The predicted octanol–water partition coefficient (Wildman–Crippen LogP) is 2.51. The quantitative estimate of drug-likeness (QED) is 0.785. The van der Waals surface area contributed by atoms with Gasteiger partial charge in [0.2, 0.25) is 5.69 Å². The largest absolute Gasteiger partial charge is 0.470 e. The standard InChI is InChI=1S/C19H17N5O2/c20-10-17-18(22-8-7-21-17)26-13-4-3-9-24(12-13)19(25)15-11-23-16-6-2-1-5-14(15)16/h1-2,5-8,11,13,23H,3-4,9,12H2. The molecule has 4 rings (SSSR count). The van der Waals surface area contributed by atoms with Gasteiger partial charge in [-0.2, -0.15) is 5.26 Å². The highest BCUT2D eigenvalue weighted by atomic mass is 16.5. The lowest BCUT2D eigenvalue weighted by Gasteiger charge is -2.32. The number of carbonyl (C=O) groups excluding carboxylic acids is 1. The number of likely N-dealkylation sites (tertiary alicyclic amines) is 1. The number of aromatic nitrogens is 3. The number of amides is 1. The number of hydrogen-bond donors (Lipinski definition) is 1. The summed E-state index contributed by atoms with van der Waals surface area (Å²) in [5.41, 5.74) is 1.77. The summed E-state index contributed by atoms with van der Waals surface area (Å²) in [6.07, 6.45) is 6.14. The van der Waals surface area contributed by atoms with Crippen molar-refractivity contribution in [3.63, 3.8) is 0 Å². The number of para-hydroxylation sites is 1. The molecule has 7 nitrogen and oxygen atoms in total. The van der Waals surface area contributed by atoms with Gasteiger partial charge in [0.1, 0.15) is 12.2 Å². The summed E-state index contributed by atoms with van der Waals surface area (Å²) in [7, 11) is 0. The summed E-state index contributed by atoms with van der Waals surface area (Å²) in [6.45, 7) is 1.14. The third kappa shape index (κ3) is 2.97. The van der Waals surface area contributed by atoms with Crippen LogP contribution in [0.3, 0.4) is 0 Å². The van der Waals surface area contributed by atoms with Gasteiger partial charge in [-0.05, 0) is 18.9 Å². The highest BCUT2D eigenvalue weighted by molar-refractivity contribution is 6.06. The van der Waals surface area contributed by atoms with E-state index < -0.39 is 0 Å². The Morgan fingerprint density at radius 1 is 1.31 bits per heavy atom. The average molecular weight is 347 g/mol. The van der Waals surface area contributed by atoms with Crippen LogP contribution in [0.15, 0.2) is 42.9 Å². The van der Waals surface area contributed by atoms with E-state index in [9.17, 15) is 4.79 Å². The summed E-state index contributed by atoms with van der Waals surface area (Å²) in [4.78, 5) is 26.0. The summed E-state index contributed by atoms with van der Waals surface area (Å²) in [6, 6.07) is 9.73. The Hall–Kier alpha value is -3.40. The maximum absolute atomic E-state index is 13.0. The van der Waals surface area contributed by atoms with Crippen molar-refractivity contribution in [2.45, 2.75) is 18.9 Å². The van der Waals surface area contributed by atoms with Crippen molar-refractivity contribution in [1.29, 1.82) is 5.26 Å². The van der Waals surface area contributed by atoms with Gasteiger partial charge in [-0.1, -0.05) is 18.2 Å². The molecule has 1 aromatic carbocycles. The fraction of sp³-hybridized carbons (Fsp3) is 0.263. The van der Waals surface area contributed by atoms with Gasteiger partial charge in [-0.25, -0.2) is 9.97 Å². The molecule has 1 N–H and O–H groups in total. The summed E-state index contributed by atoms with van der Waals surface area (Å²) < 4.78 is 5.86. The molecule has 1 amide bonds. The molecule has 3 aromatic rings. The topological polar surface area (TPSA) is 94.9 Å². The molecule has 26 heavy (non-hydrogen) atoms. The molecule has 1 saturated heterocycles. The molecule has 0 bridgehead atoms. The van der Waals surface area contributed by atoms with Crippen LogP contribution in [-0.4, -0.2) is 45.0 Å². The number of aromatic amines is 1. The Morgan fingerprint density at radius 3 is 3.04 bits per heavy atom. The van der Waals surface area contributed by atoms with Gasteiger partial charge in [0.05, 0.1) is 12.1 Å². The summed E-state index contributed by atoms with van der Waals surface area (Å²) >= 11 is 0. The Kier molecular flexibility index (Phi) is 4.23. The molecule has 0 aliphatic carbocycles. The van der Waals surface area contributed by atoms with Gasteiger partial charge in [-0.15, -0.1) is 0 Å². The molecule has 1 atom stereocenters. The predicted molar refractivity (Wildman–Crippen MR) is 94.6 cm³/mol. The minimum atomic E-state index is -0.207. The van der Waals surface area contributed by atoms with Crippen molar-refractivity contribution in [3.05, 3.63) is 54.1 Å². The van der Waals surface area contributed by atoms with Crippen molar-refractivity contribution in [3.8, 4) is 11.9 Å². The first kappa shape index (κ1) is 16.1. The highest BCUT2D eigenvalue weighted by Gasteiger charge is 2.27. The van der Waals surface area contributed by atoms with Crippen LogP contribution in [-0.2, 0) is 0 Å². The lowest BCUT2D eigenvalue weighted by atomic mass is 10.1. The van der Waals surface area contributed by atoms with E-state index in [1.54, 1.807) is 11.1 Å². The van der Waals surface area contributed by atoms with Crippen LogP contribution >= 0.6 is 0 Å². The van der Waals surface area contributed by atoms with Crippen molar-refractivity contribution in [1.82, 2.24) is 19.9 Å². The number of benzene rings is 1. The number of fused-ring (bicyclic) bond motifs is 1. The normalized spacial score (nSPS) is 17.0. The zero-order valence-corrected chi connectivity index (χ0v) is 14.1. The van der Waals surface area contributed by atoms with Crippen molar-refractivity contribution >= 4 is 16.8 Å². The SMILES string of the molecule is N#Cc1nccnc1OC1CCCN(C(=O)c2c[nH]c3ccccc23)C1. The minimum Gasteiger partial charge on any atom is -0.470 e. The zero-order chi connectivity index (χ0) is 17.9. The van der Waals surface area contributed by atoms with Crippen molar-refractivity contribution < 1.29 is 9.53 Å². The zero-order valence-electron chi connectivity index (χ0n) is 14.1. The Balaban J connectivity index is 1.51. The number of rotatable bonds is 3. The average Bonchev–Trinajstić information content (AvgIpc) is 3.12. The van der Waals surface area contributed by atoms with Gasteiger partial charge in [0.25, 0.3) is 11.8 Å². The first-order valence-electron chi connectivity index (χ1n) is 8.49. The number of nitrogens with zero attached hydrogens (tertiary/aromatic N) is 4. The third-order valence-electron chi connectivity index (χ3n) is 4.53. The van der Waals surface area contributed by atoms with Crippen LogP contribution in [0, 0.1) is 11.3 Å². The van der Waals surface area contributed by atoms with Gasteiger partial charge in [0.15, 0.2) is 0 Å². The third-order valence-corrected chi connectivity index (χ3v) is 4.53. The molecule has 1 aliphatic heterocycles. The molecule has 0 saturated carbocycles. The maximum Gasteiger partial charge on any atom is 0.256 e. The Labute approximate surface area is 150 Å². The number of nitriles is 1. The van der Waals surface area contributed by atoms with Crippen LogP contribution in [0.5, 0.6) is 5.88 Å². The fourth-order valence-corrected chi connectivity index (χ4v) is 3.28. The molecule has 1 fully saturated rings. The van der Waals surface area contributed by atoms with E-state index in [2.05, 4.69) is 15.0 Å². The second-order valence-electron chi connectivity index (χ2n) is 6.20. The van der Waals surface area contributed by atoms with E-state index in [1.165, 1.54) is 12.4 Å². The smallest absolute Gasteiger partial charge is 0.256 e. The van der Waals surface area contributed by atoms with Gasteiger partial charge < -0.3 is 14.6 Å². The van der Waals surface area contributed by atoms with E-state index >= 15 is 0 Å². The summed E-state index contributed by atoms with van der Waals surface area (Å²) in [5.74, 6) is 0.205. The summed E-state index contributed by atoms with van der Waals surface area (Å²) in [5, 5.41) is 10.0. The van der Waals surface area contributed by atoms with Crippen LogP contribution in [0.1, 0.15) is 28.9 Å². The van der Waals surface area contributed by atoms with Crippen LogP contribution in [0.25, 0.3) is 10.9 Å². The lowest BCUT2D eigenvalue weighted by molar-refractivity contribution is 0.0528. The minimum absolute atomic E-state index is 0.0181. The molecular formula is C19H17N5O2. The maximum atomic E-state index is 13.0. The molecule has 3 heterocycles. The number of piperidine rings is 1. The molecular weight excluding hydrogens is 330 g/mol. The Bertz CT molecular complexity index is 991. The van der Waals surface area contributed by atoms with E-state index in [0.29, 0.717) is 18.7 Å². The fourth-order valence-electron chi connectivity index (χ4n) is 3.28. The molecule has 130 valence electrons. The van der Waals surface area contributed by atoms with Crippen molar-refractivity contribution in [2.24, 2.45) is 0 Å². The molecule has 0 spiro atoms.